The maximum Gasteiger partial charge on any atom is 0.232 e. The Balaban J connectivity index is 1.43. The molecule has 0 unspecified atom stereocenters. The van der Waals surface area contributed by atoms with E-state index in [1.54, 1.807) is 19.2 Å². The number of methoxy groups -OCH3 is 1. The van der Waals surface area contributed by atoms with E-state index >= 15 is 0 Å². The molecule has 0 aliphatic rings. The van der Waals surface area contributed by atoms with Crippen LogP contribution in [-0.2, 0) is 17.1 Å². The number of benzene rings is 4. The van der Waals surface area contributed by atoms with Crippen molar-refractivity contribution in [2.75, 3.05) is 7.11 Å². The van der Waals surface area contributed by atoms with Crippen molar-refractivity contribution >= 4 is 40.9 Å². The molecule has 1 amide bonds. The van der Waals surface area contributed by atoms with Crippen molar-refractivity contribution in [2.24, 2.45) is 0 Å². The third kappa shape index (κ3) is 6.50. The van der Waals surface area contributed by atoms with Crippen LogP contribution in [0.5, 0.6) is 5.75 Å². The van der Waals surface area contributed by atoms with Gasteiger partial charge in [0.2, 0.25) is 5.91 Å². The largest absolute Gasteiger partial charge is 0.497 e. The van der Waals surface area contributed by atoms with Crippen LogP contribution in [0.4, 0.5) is 0 Å². The van der Waals surface area contributed by atoms with Crippen LogP contribution in [-0.4, -0.2) is 27.8 Å². The first kappa shape index (κ1) is 27.8. The number of amides is 1. The second kappa shape index (κ2) is 13.0. The molecule has 1 heterocycles. The van der Waals surface area contributed by atoms with Gasteiger partial charge in [-0.3, -0.25) is 9.36 Å². The predicted molar refractivity (Wildman–Crippen MR) is 161 cm³/mol. The number of carbonyl (C=O) groups is 1. The van der Waals surface area contributed by atoms with Crippen LogP contribution in [0.15, 0.2) is 108 Å². The number of nitrogens with one attached hydrogen (secondary N) is 1. The van der Waals surface area contributed by atoms with E-state index in [4.69, 9.17) is 27.9 Å². The van der Waals surface area contributed by atoms with Gasteiger partial charge in [-0.1, -0.05) is 108 Å². The van der Waals surface area contributed by atoms with Gasteiger partial charge in [0.1, 0.15) is 5.75 Å². The number of aromatic nitrogens is 3. The molecule has 1 aromatic heterocycles. The van der Waals surface area contributed by atoms with Gasteiger partial charge in [0.15, 0.2) is 11.0 Å². The van der Waals surface area contributed by atoms with Crippen LogP contribution >= 0.6 is 35.0 Å². The van der Waals surface area contributed by atoms with Gasteiger partial charge in [0.25, 0.3) is 0 Å². The molecule has 4 aromatic carbocycles. The highest BCUT2D eigenvalue weighted by molar-refractivity contribution is 7.98. The summed E-state index contributed by atoms with van der Waals surface area (Å²) in [4.78, 5) is 13.6. The highest BCUT2D eigenvalue weighted by Crippen LogP contribution is 2.31. The highest BCUT2D eigenvalue weighted by atomic mass is 35.5. The number of nitrogens with zero attached hydrogens (tertiary/aromatic N) is 3. The molecule has 5 rings (SSSR count). The molecule has 0 radical (unpaired) electrons. The zero-order valence-corrected chi connectivity index (χ0v) is 24.0. The minimum atomic E-state index is -0.472. The lowest BCUT2D eigenvalue weighted by molar-refractivity contribution is -0.121. The van der Waals surface area contributed by atoms with E-state index in [1.165, 1.54) is 11.8 Å². The summed E-state index contributed by atoms with van der Waals surface area (Å²) in [7, 11) is 1.64. The van der Waals surface area contributed by atoms with Gasteiger partial charge in [-0.2, -0.15) is 0 Å². The maximum absolute atomic E-state index is 13.6. The third-order valence-corrected chi connectivity index (χ3v) is 7.84. The molecule has 40 heavy (non-hydrogen) atoms. The molecule has 0 bridgehead atoms. The maximum atomic E-state index is 13.6. The lowest BCUT2D eigenvalue weighted by Crippen LogP contribution is -2.30. The molecule has 0 aliphatic heterocycles. The van der Waals surface area contributed by atoms with Gasteiger partial charge < -0.3 is 10.1 Å². The van der Waals surface area contributed by atoms with E-state index in [-0.39, 0.29) is 12.5 Å². The Hall–Kier alpha value is -3.78. The number of hydrogen-bond donors (Lipinski definition) is 1. The molecule has 0 spiro atoms. The van der Waals surface area contributed by atoms with Crippen LogP contribution in [0.3, 0.4) is 0 Å². The molecule has 5 aromatic rings. The molecule has 0 atom stereocenters. The summed E-state index contributed by atoms with van der Waals surface area (Å²) < 4.78 is 7.22. The second-order valence-electron chi connectivity index (χ2n) is 8.94. The van der Waals surface area contributed by atoms with E-state index in [1.807, 2.05) is 95.6 Å². The van der Waals surface area contributed by atoms with Crippen LogP contribution < -0.4 is 10.1 Å². The third-order valence-electron chi connectivity index (χ3n) is 6.30. The van der Waals surface area contributed by atoms with Crippen LogP contribution in [0.25, 0.3) is 5.69 Å². The molecular weight excluding hydrogens is 563 g/mol. The molecule has 0 saturated carbocycles. The Morgan fingerprint density at radius 2 is 1.60 bits per heavy atom. The fraction of sp³-hybridized carbons (Fsp3) is 0.129. The van der Waals surface area contributed by atoms with E-state index in [0.29, 0.717) is 32.5 Å². The van der Waals surface area contributed by atoms with Crippen molar-refractivity contribution in [3.63, 3.8) is 0 Å². The van der Waals surface area contributed by atoms with Crippen LogP contribution in [0, 0.1) is 0 Å². The lowest BCUT2D eigenvalue weighted by Gasteiger charge is -2.18. The van der Waals surface area contributed by atoms with Crippen molar-refractivity contribution in [3.8, 4) is 11.4 Å². The van der Waals surface area contributed by atoms with Gasteiger partial charge in [-0.05, 0) is 47.0 Å². The Morgan fingerprint density at radius 3 is 2.25 bits per heavy atom. The first-order valence-corrected chi connectivity index (χ1v) is 14.3. The quantitative estimate of drug-likeness (QED) is 0.173. The summed E-state index contributed by atoms with van der Waals surface area (Å²) in [5, 5.41) is 13.6. The number of hydrogen-bond acceptors (Lipinski definition) is 5. The average molecular weight is 590 g/mol. The molecule has 0 fully saturated rings. The zero-order chi connectivity index (χ0) is 27.9. The topological polar surface area (TPSA) is 69.0 Å². The Kier molecular flexibility index (Phi) is 9.06. The molecule has 9 heteroatoms. The van der Waals surface area contributed by atoms with Crippen LogP contribution in [0.1, 0.15) is 28.4 Å². The van der Waals surface area contributed by atoms with Crippen molar-refractivity contribution in [3.05, 3.63) is 136 Å². The summed E-state index contributed by atoms with van der Waals surface area (Å²) in [6.45, 7) is 0.153. The summed E-state index contributed by atoms with van der Waals surface area (Å²) in [5.74, 6) is 1.36. The number of halogens is 2. The average Bonchev–Trinajstić information content (AvgIpc) is 3.38. The first-order chi connectivity index (χ1) is 19.5. The molecule has 0 aliphatic carbocycles. The fourth-order valence-electron chi connectivity index (χ4n) is 4.38. The number of thioether (sulfide) groups is 1. The molecule has 1 N–H and O–H groups in total. The van der Waals surface area contributed by atoms with Gasteiger partial charge in [-0.15, -0.1) is 10.2 Å². The smallest absolute Gasteiger partial charge is 0.232 e. The van der Waals surface area contributed by atoms with Crippen molar-refractivity contribution in [1.29, 1.82) is 0 Å². The van der Waals surface area contributed by atoms with Crippen molar-refractivity contribution < 1.29 is 9.53 Å². The normalized spacial score (nSPS) is 11.0. The second-order valence-corrected chi connectivity index (χ2v) is 10.7. The lowest BCUT2D eigenvalue weighted by atomic mass is 9.90. The SMILES string of the molecule is COc1cccc(CSc2nnc(CNC(=O)C(c3ccccc3)c3ccccc3)n2-c2ccc(Cl)cc2Cl)c1. The van der Waals surface area contributed by atoms with E-state index in [0.717, 1.165) is 22.4 Å². The molecule has 202 valence electrons. The van der Waals surface area contributed by atoms with Gasteiger partial charge >= 0.3 is 0 Å². The number of ether oxygens (including phenoxy) is 1. The number of carbonyl (C=O) groups excluding carboxylic acids is 1. The van der Waals surface area contributed by atoms with Crippen molar-refractivity contribution in [1.82, 2.24) is 20.1 Å². The predicted octanol–water partition coefficient (Wildman–Crippen LogP) is 7.32. The standard InChI is InChI=1S/C31H26Cl2N4O2S/c1-39-25-14-8-9-21(17-25)20-40-31-36-35-28(37(31)27-16-15-24(32)18-26(27)33)19-34-30(38)29(22-10-4-2-5-11-22)23-12-6-3-7-13-23/h2-18,29H,19-20H2,1H3,(H,34,38). The molecular formula is C31H26Cl2N4O2S. The first-order valence-electron chi connectivity index (χ1n) is 12.6. The summed E-state index contributed by atoms with van der Waals surface area (Å²) in [6, 6.07) is 32.6. The van der Waals surface area contributed by atoms with Gasteiger partial charge in [0.05, 0.1) is 30.3 Å². The van der Waals surface area contributed by atoms with E-state index in [2.05, 4.69) is 15.5 Å². The zero-order valence-electron chi connectivity index (χ0n) is 21.6. The molecule has 0 saturated heterocycles. The van der Waals surface area contributed by atoms with E-state index < -0.39 is 5.92 Å². The van der Waals surface area contributed by atoms with Gasteiger partial charge in [0, 0.05) is 10.8 Å². The Morgan fingerprint density at radius 1 is 0.900 bits per heavy atom. The van der Waals surface area contributed by atoms with Crippen LogP contribution in [0.2, 0.25) is 10.0 Å². The van der Waals surface area contributed by atoms with E-state index in [9.17, 15) is 4.79 Å². The summed E-state index contributed by atoms with van der Waals surface area (Å²) in [6.07, 6.45) is 0. The highest BCUT2D eigenvalue weighted by Gasteiger charge is 2.24. The Bertz CT molecular complexity index is 1560. The minimum absolute atomic E-state index is 0.139. The monoisotopic (exact) mass is 588 g/mol. The Labute approximate surface area is 247 Å². The molecule has 6 nitrogen and oxygen atoms in total. The van der Waals surface area contributed by atoms with Crippen molar-refractivity contribution in [2.45, 2.75) is 23.4 Å². The number of rotatable bonds is 10. The van der Waals surface area contributed by atoms with Gasteiger partial charge in [-0.25, -0.2) is 0 Å². The minimum Gasteiger partial charge on any atom is -0.497 e. The fourth-order valence-corrected chi connectivity index (χ4v) is 5.78. The summed E-state index contributed by atoms with van der Waals surface area (Å²) in [5.41, 5.74) is 3.56. The summed E-state index contributed by atoms with van der Waals surface area (Å²) >= 11 is 14.3.